The number of hydrogen-bond donors (Lipinski definition) is 0. The van der Waals surface area contributed by atoms with Gasteiger partial charge >= 0.3 is 0 Å². The van der Waals surface area contributed by atoms with Crippen LogP contribution in [0.4, 0.5) is 4.39 Å². The van der Waals surface area contributed by atoms with Crippen molar-refractivity contribution in [3.05, 3.63) is 64.7 Å². The van der Waals surface area contributed by atoms with Crippen molar-refractivity contribution in [2.75, 3.05) is 0 Å². The third-order valence-corrected chi connectivity index (χ3v) is 2.76. The topological polar surface area (TPSA) is 30.0 Å². The molecule has 92 valence electrons. The van der Waals surface area contributed by atoms with Gasteiger partial charge in [0.05, 0.1) is 0 Å². The predicted octanol–water partition coefficient (Wildman–Crippen LogP) is 3.23. The Morgan fingerprint density at radius 1 is 1.28 bits per heavy atom. The number of ketones is 1. The van der Waals surface area contributed by atoms with E-state index in [9.17, 15) is 9.18 Å². The molecule has 0 aliphatic rings. The SMILES string of the molecule is O=C(Cc1cccnc1)Cc1ccc(Cl)cc1F. The minimum atomic E-state index is -0.443. The van der Waals surface area contributed by atoms with Crippen molar-refractivity contribution in [3.63, 3.8) is 0 Å². The van der Waals surface area contributed by atoms with Crippen molar-refractivity contribution in [3.8, 4) is 0 Å². The molecule has 4 heteroatoms. The van der Waals surface area contributed by atoms with E-state index in [-0.39, 0.29) is 18.6 Å². The maximum absolute atomic E-state index is 13.5. The molecule has 0 radical (unpaired) electrons. The van der Waals surface area contributed by atoms with Crippen LogP contribution in [0, 0.1) is 5.82 Å². The molecule has 18 heavy (non-hydrogen) atoms. The quantitative estimate of drug-likeness (QED) is 0.848. The molecule has 0 N–H and O–H groups in total. The number of carbonyl (C=O) groups excluding carboxylic acids is 1. The highest BCUT2D eigenvalue weighted by Crippen LogP contribution is 2.15. The first-order chi connectivity index (χ1) is 8.65. The summed E-state index contributed by atoms with van der Waals surface area (Å²) < 4.78 is 13.5. The molecule has 0 amide bonds. The molecule has 0 aliphatic carbocycles. The van der Waals surface area contributed by atoms with Crippen molar-refractivity contribution >= 4 is 17.4 Å². The Hall–Kier alpha value is -1.74. The Kier molecular flexibility index (Phi) is 4.05. The second-order valence-electron chi connectivity index (χ2n) is 3.99. The van der Waals surface area contributed by atoms with Crippen LogP contribution in [0.5, 0.6) is 0 Å². The van der Waals surface area contributed by atoms with E-state index in [0.29, 0.717) is 10.6 Å². The number of nitrogens with zero attached hydrogens (tertiary/aromatic N) is 1. The third kappa shape index (κ3) is 3.37. The lowest BCUT2D eigenvalue weighted by molar-refractivity contribution is -0.117. The Balaban J connectivity index is 2.03. The summed E-state index contributed by atoms with van der Waals surface area (Å²) in [5, 5.41) is 0.330. The first-order valence-corrected chi connectivity index (χ1v) is 5.87. The summed E-state index contributed by atoms with van der Waals surface area (Å²) in [6.45, 7) is 0. The molecule has 2 rings (SSSR count). The molecule has 0 aliphatic heterocycles. The van der Waals surface area contributed by atoms with Crippen molar-refractivity contribution in [1.29, 1.82) is 0 Å². The van der Waals surface area contributed by atoms with Crippen LogP contribution >= 0.6 is 11.6 Å². The van der Waals surface area contributed by atoms with E-state index in [1.54, 1.807) is 30.6 Å². The number of benzene rings is 1. The molecule has 0 atom stereocenters. The van der Waals surface area contributed by atoms with Gasteiger partial charge in [0.25, 0.3) is 0 Å². The summed E-state index contributed by atoms with van der Waals surface area (Å²) in [5.74, 6) is -0.494. The van der Waals surface area contributed by atoms with Crippen molar-refractivity contribution in [1.82, 2.24) is 4.98 Å². The molecule has 0 fully saturated rings. The highest BCUT2D eigenvalue weighted by atomic mass is 35.5. The first-order valence-electron chi connectivity index (χ1n) is 5.49. The van der Waals surface area contributed by atoms with Crippen LogP contribution in [-0.4, -0.2) is 10.8 Å². The van der Waals surface area contributed by atoms with Crippen molar-refractivity contribution in [2.24, 2.45) is 0 Å². The van der Waals surface area contributed by atoms with Crippen LogP contribution in [0.3, 0.4) is 0 Å². The monoisotopic (exact) mass is 263 g/mol. The van der Waals surface area contributed by atoms with E-state index in [1.165, 1.54) is 6.07 Å². The van der Waals surface area contributed by atoms with Crippen LogP contribution in [0.15, 0.2) is 42.7 Å². The van der Waals surface area contributed by atoms with Gasteiger partial charge in [0.1, 0.15) is 11.6 Å². The summed E-state index contributed by atoms with van der Waals surface area (Å²) in [6, 6.07) is 7.93. The van der Waals surface area contributed by atoms with Crippen LogP contribution in [0.25, 0.3) is 0 Å². The fourth-order valence-electron chi connectivity index (χ4n) is 1.67. The number of rotatable bonds is 4. The van der Waals surface area contributed by atoms with E-state index in [4.69, 9.17) is 11.6 Å². The molecule has 0 saturated heterocycles. The molecule has 2 aromatic rings. The van der Waals surface area contributed by atoms with Crippen LogP contribution in [0.2, 0.25) is 5.02 Å². The van der Waals surface area contributed by atoms with Gasteiger partial charge in [-0.15, -0.1) is 0 Å². The predicted molar refractivity (Wildman–Crippen MR) is 68.1 cm³/mol. The fourth-order valence-corrected chi connectivity index (χ4v) is 1.83. The average Bonchev–Trinajstić information content (AvgIpc) is 2.34. The highest BCUT2D eigenvalue weighted by Gasteiger charge is 2.09. The van der Waals surface area contributed by atoms with Crippen LogP contribution in [-0.2, 0) is 17.6 Å². The number of carbonyl (C=O) groups is 1. The first kappa shape index (κ1) is 12.7. The van der Waals surface area contributed by atoms with Gasteiger partial charge in [-0.2, -0.15) is 0 Å². The minimum Gasteiger partial charge on any atom is -0.299 e. The van der Waals surface area contributed by atoms with Crippen molar-refractivity contribution in [2.45, 2.75) is 12.8 Å². The summed E-state index contributed by atoms with van der Waals surface area (Å²) in [4.78, 5) is 15.7. The number of hydrogen-bond acceptors (Lipinski definition) is 2. The molecule has 0 spiro atoms. The van der Waals surface area contributed by atoms with Crippen molar-refractivity contribution < 1.29 is 9.18 Å². The summed E-state index contributed by atoms with van der Waals surface area (Å²) in [5.41, 5.74) is 1.20. The zero-order valence-electron chi connectivity index (χ0n) is 9.57. The van der Waals surface area contributed by atoms with Crippen LogP contribution in [0.1, 0.15) is 11.1 Å². The third-order valence-electron chi connectivity index (χ3n) is 2.53. The lowest BCUT2D eigenvalue weighted by Crippen LogP contribution is -2.08. The molecule has 2 nitrogen and oxygen atoms in total. The smallest absolute Gasteiger partial charge is 0.141 e. The highest BCUT2D eigenvalue weighted by molar-refractivity contribution is 6.30. The van der Waals surface area contributed by atoms with E-state index in [1.807, 2.05) is 6.07 Å². The maximum atomic E-state index is 13.5. The van der Waals surface area contributed by atoms with Gasteiger partial charge < -0.3 is 0 Å². The van der Waals surface area contributed by atoms with Gasteiger partial charge in [0.15, 0.2) is 0 Å². The summed E-state index contributed by atoms with van der Waals surface area (Å²) in [6.07, 6.45) is 3.61. The molecule has 0 bridgehead atoms. The Bertz CT molecular complexity index is 557. The Morgan fingerprint density at radius 3 is 2.78 bits per heavy atom. The molecule has 0 unspecified atom stereocenters. The molecular formula is C14H11ClFNO. The van der Waals surface area contributed by atoms with E-state index < -0.39 is 5.82 Å². The van der Waals surface area contributed by atoms with Gasteiger partial charge in [-0.1, -0.05) is 23.7 Å². The number of halogens is 2. The van der Waals surface area contributed by atoms with Gasteiger partial charge in [-0.05, 0) is 29.3 Å². The molecule has 0 saturated carbocycles. The number of aromatic nitrogens is 1. The van der Waals surface area contributed by atoms with Gasteiger partial charge in [0.2, 0.25) is 0 Å². The zero-order chi connectivity index (χ0) is 13.0. The van der Waals surface area contributed by atoms with E-state index in [2.05, 4.69) is 4.98 Å². The lowest BCUT2D eigenvalue weighted by atomic mass is 10.0. The zero-order valence-corrected chi connectivity index (χ0v) is 10.3. The number of pyridine rings is 1. The van der Waals surface area contributed by atoms with E-state index in [0.717, 1.165) is 5.56 Å². The summed E-state index contributed by atoms with van der Waals surface area (Å²) in [7, 11) is 0. The second-order valence-corrected chi connectivity index (χ2v) is 4.43. The second kappa shape index (κ2) is 5.74. The lowest BCUT2D eigenvalue weighted by Gasteiger charge is -2.03. The molecule has 1 heterocycles. The minimum absolute atomic E-state index is 0.0516. The van der Waals surface area contributed by atoms with Gasteiger partial charge in [-0.3, -0.25) is 9.78 Å². The molecular weight excluding hydrogens is 253 g/mol. The molecule has 1 aromatic carbocycles. The maximum Gasteiger partial charge on any atom is 0.141 e. The largest absolute Gasteiger partial charge is 0.299 e. The number of Topliss-reactive ketones (excluding diaryl/α,β-unsaturated/α-hetero) is 1. The average molecular weight is 264 g/mol. The van der Waals surface area contributed by atoms with Gasteiger partial charge in [-0.25, -0.2) is 4.39 Å². The van der Waals surface area contributed by atoms with Crippen LogP contribution < -0.4 is 0 Å². The standard InChI is InChI=1S/C14H11ClFNO/c15-12-4-3-11(14(16)8-12)7-13(18)6-10-2-1-5-17-9-10/h1-5,8-9H,6-7H2. The fraction of sp³-hybridized carbons (Fsp3) is 0.143. The van der Waals surface area contributed by atoms with E-state index >= 15 is 0 Å². The Labute approximate surface area is 109 Å². The Morgan fingerprint density at radius 2 is 2.11 bits per heavy atom. The molecule has 1 aromatic heterocycles. The summed E-state index contributed by atoms with van der Waals surface area (Å²) >= 11 is 5.65. The normalized spacial score (nSPS) is 10.3. The van der Waals surface area contributed by atoms with Gasteiger partial charge in [0, 0.05) is 30.3 Å².